The van der Waals surface area contributed by atoms with E-state index in [0.29, 0.717) is 12.1 Å². The van der Waals surface area contributed by atoms with Gasteiger partial charge in [0.2, 0.25) is 11.8 Å². The van der Waals surface area contributed by atoms with E-state index < -0.39 is 35.9 Å². The number of aliphatic carboxylic acids is 1. The molecule has 0 unspecified atom stereocenters. The Labute approximate surface area is 191 Å². The first-order valence-corrected chi connectivity index (χ1v) is 10.9. The van der Waals surface area contributed by atoms with Crippen molar-refractivity contribution in [1.82, 2.24) is 25.6 Å². The summed E-state index contributed by atoms with van der Waals surface area (Å²) in [4.78, 5) is 47.6. The first kappa shape index (κ1) is 24.0. The van der Waals surface area contributed by atoms with Crippen molar-refractivity contribution in [1.29, 1.82) is 0 Å². The largest absolute Gasteiger partial charge is 0.480 e. The van der Waals surface area contributed by atoms with Crippen molar-refractivity contribution in [2.75, 3.05) is 0 Å². The molecule has 0 aliphatic rings. The minimum absolute atomic E-state index is 0.0843. The molecule has 0 radical (unpaired) electrons. The van der Waals surface area contributed by atoms with E-state index in [0.717, 1.165) is 16.5 Å². The summed E-state index contributed by atoms with van der Waals surface area (Å²) in [6.45, 7) is 3.90. The van der Waals surface area contributed by atoms with Crippen LogP contribution < -0.4 is 16.4 Å². The Morgan fingerprint density at radius 1 is 1.06 bits per heavy atom. The number of nitrogens with one attached hydrogen (secondary N) is 4. The smallest absolute Gasteiger partial charge is 0.326 e. The number of H-pyrrole nitrogens is 2. The zero-order valence-corrected chi connectivity index (χ0v) is 18.7. The third kappa shape index (κ3) is 6.42. The fraction of sp³-hybridized carbons (Fsp3) is 0.391. The normalized spacial score (nSPS) is 14.1. The maximum Gasteiger partial charge on any atom is 0.326 e. The quantitative estimate of drug-likeness (QED) is 0.254. The van der Waals surface area contributed by atoms with E-state index >= 15 is 0 Å². The minimum atomic E-state index is -1.18. The molecule has 10 heteroatoms. The van der Waals surface area contributed by atoms with Crippen molar-refractivity contribution in [3.8, 4) is 0 Å². The van der Waals surface area contributed by atoms with E-state index in [1.165, 1.54) is 6.33 Å². The summed E-state index contributed by atoms with van der Waals surface area (Å²) in [6.07, 6.45) is 5.45. The van der Waals surface area contributed by atoms with E-state index in [2.05, 4.69) is 25.6 Å². The number of fused-ring (bicyclic) bond motifs is 1. The van der Waals surface area contributed by atoms with E-state index in [9.17, 15) is 19.5 Å². The minimum Gasteiger partial charge on any atom is -0.480 e. The SMILES string of the molecule is CC(C)C[C@H](N)C(=O)N[C@@H](Cc1c[nH]cn1)C(=O)N[C@@H](Cc1c[nH]c2ccccc12)C(=O)O. The molecule has 3 aromatic rings. The molecule has 0 aliphatic carbocycles. The molecule has 7 N–H and O–H groups in total. The fourth-order valence-electron chi connectivity index (χ4n) is 3.71. The van der Waals surface area contributed by atoms with Gasteiger partial charge in [0, 0.05) is 36.1 Å². The van der Waals surface area contributed by atoms with Gasteiger partial charge in [-0.05, 0) is 24.0 Å². The molecular weight excluding hydrogens is 424 g/mol. The number of rotatable bonds is 11. The van der Waals surface area contributed by atoms with Crippen molar-refractivity contribution in [3.05, 3.63) is 54.2 Å². The van der Waals surface area contributed by atoms with Crippen LogP contribution in [0.15, 0.2) is 43.0 Å². The highest BCUT2D eigenvalue weighted by atomic mass is 16.4. The molecule has 2 amide bonds. The maximum atomic E-state index is 13.1. The molecule has 33 heavy (non-hydrogen) atoms. The molecule has 3 atom stereocenters. The summed E-state index contributed by atoms with van der Waals surface area (Å²) in [5.74, 6) is -2.05. The van der Waals surface area contributed by atoms with Crippen molar-refractivity contribution in [2.24, 2.45) is 11.7 Å². The lowest BCUT2D eigenvalue weighted by atomic mass is 10.0. The van der Waals surface area contributed by atoms with Gasteiger partial charge in [0.25, 0.3) is 0 Å². The average molecular weight is 455 g/mol. The van der Waals surface area contributed by atoms with Gasteiger partial charge in [-0.3, -0.25) is 9.59 Å². The molecule has 0 spiro atoms. The van der Waals surface area contributed by atoms with Crippen LogP contribution in [0.4, 0.5) is 0 Å². The molecule has 0 fully saturated rings. The summed E-state index contributed by atoms with van der Waals surface area (Å²) < 4.78 is 0. The zero-order valence-electron chi connectivity index (χ0n) is 18.7. The number of carbonyl (C=O) groups is 3. The Hall–Kier alpha value is -3.66. The van der Waals surface area contributed by atoms with Crippen LogP contribution in [0, 0.1) is 5.92 Å². The first-order chi connectivity index (χ1) is 15.7. The molecule has 0 bridgehead atoms. The number of amides is 2. The number of hydrogen-bond donors (Lipinski definition) is 6. The molecule has 1 aromatic carbocycles. The summed E-state index contributed by atoms with van der Waals surface area (Å²) in [6, 6.07) is 4.54. The van der Waals surface area contributed by atoms with Gasteiger partial charge in [-0.25, -0.2) is 9.78 Å². The van der Waals surface area contributed by atoms with Gasteiger partial charge in [-0.2, -0.15) is 0 Å². The van der Waals surface area contributed by atoms with E-state index in [1.54, 1.807) is 12.4 Å². The van der Waals surface area contributed by atoms with Gasteiger partial charge in [0.15, 0.2) is 0 Å². The predicted octanol–water partition coefficient (Wildman–Crippen LogP) is 1.10. The monoisotopic (exact) mass is 454 g/mol. The number of hydrogen-bond acceptors (Lipinski definition) is 5. The fourth-order valence-corrected chi connectivity index (χ4v) is 3.71. The van der Waals surface area contributed by atoms with Crippen LogP contribution in [-0.2, 0) is 27.2 Å². The third-order valence-corrected chi connectivity index (χ3v) is 5.38. The summed E-state index contributed by atoms with van der Waals surface area (Å²) in [7, 11) is 0. The van der Waals surface area contributed by atoms with Crippen LogP contribution in [0.3, 0.4) is 0 Å². The number of carbonyl (C=O) groups excluding carboxylic acids is 2. The van der Waals surface area contributed by atoms with E-state index in [4.69, 9.17) is 5.73 Å². The van der Waals surface area contributed by atoms with Crippen molar-refractivity contribution in [3.63, 3.8) is 0 Å². The molecule has 10 nitrogen and oxygen atoms in total. The number of nitrogens with two attached hydrogens (primary N) is 1. The lowest BCUT2D eigenvalue weighted by Crippen LogP contribution is -2.55. The number of aromatic amines is 2. The number of benzene rings is 1. The Balaban J connectivity index is 1.75. The second-order valence-electron chi connectivity index (χ2n) is 8.52. The van der Waals surface area contributed by atoms with Crippen LogP contribution in [0.2, 0.25) is 0 Å². The number of para-hydroxylation sites is 1. The summed E-state index contributed by atoms with van der Waals surface area (Å²) in [5, 5.41) is 15.9. The number of imidazole rings is 1. The van der Waals surface area contributed by atoms with Crippen molar-refractivity contribution >= 4 is 28.7 Å². The van der Waals surface area contributed by atoms with Crippen molar-refractivity contribution < 1.29 is 19.5 Å². The van der Waals surface area contributed by atoms with Crippen LogP contribution in [0.5, 0.6) is 0 Å². The van der Waals surface area contributed by atoms with E-state index in [1.807, 2.05) is 38.1 Å². The molecule has 3 rings (SSSR count). The van der Waals surface area contributed by atoms with Crippen LogP contribution >= 0.6 is 0 Å². The van der Waals surface area contributed by atoms with Gasteiger partial charge in [0.05, 0.1) is 18.1 Å². The van der Waals surface area contributed by atoms with Crippen molar-refractivity contribution in [2.45, 2.75) is 51.2 Å². The van der Waals surface area contributed by atoms with Crippen LogP contribution in [0.25, 0.3) is 10.9 Å². The molecule has 0 saturated carbocycles. The van der Waals surface area contributed by atoms with Gasteiger partial charge < -0.3 is 31.4 Å². The zero-order chi connectivity index (χ0) is 24.0. The lowest BCUT2D eigenvalue weighted by Gasteiger charge is -2.23. The highest BCUT2D eigenvalue weighted by molar-refractivity contribution is 5.92. The molecule has 2 aromatic heterocycles. The summed E-state index contributed by atoms with van der Waals surface area (Å²) in [5.41, 5.74) is 8.17. The number of nitrogens with zero attached hydrogens (tertiary/aromatic N) is 1. The molecule has 0 saturated heterocycles. The van der Waals surface area contributed by atoms with Gasteiger partial charge in [-0.15, -0.1) is 0 Å². The molecule has 176 valence electrons. The van der Waals surface area contributed by atoms with Gasteiger partial charge in [-0.1, -0.05) is 32.0 Å². The average Bonchev–Trinajstić information content (AvgIpc) is 3.42. The highest BCUT2D eigenvalue weighted by Gasteiger charge is 2.29. The Morgan fingerprint density at radius 2 is 1.79 bits per heavy atom. The summed E-state index contributed by atoms with van der Waals surface area (Å²) >= 11 is 0. The predicted molar refractivity (Wildman–Crippen MR) is 123 cm³/mol. The van der Waals surface area contributed by atoms with E-state index in [-0.39, 0.29) is 18.8 Å². The topological polar surface area (TPSA) is 166 Å². The Bertz CT molecular complexity index is 1090. The molecule has 2 heterocycles. The Kier molecular flexibility index (Phi) is 7.83. The number of carboxylic acid groups (broad SMARTS) is 1. The number of aromatic nitrogens is 3. The highest BCUT2D eigenvalue weighted by Crippen LogP contribution is 2.19. The second-order valence-corrected chi connectivity index (χ2v) is 8.52. The van der Waals surface area contributed by atoms with Gasteiger partial charge >= 0.3 is 5.97 Å². The van der Waals surface area contributed by atoms with Crippen LogP contribution in [0.1, 0.15) is 31.5 Å². The molecular formula is C23H30N6O4. The standard InChI is InChI=1S/C23H30N6O4/c1-13(2)7-17(24)21(30)28-19(9-15-11-25-12-27-15)22(31)29-20(23(32)33)8-14-10-26-18-6-4-3-5-16(14)18/h3-6,10-13,17,19-20,26H,7-9,24H2,1-2H3,(H,25,27)(H,28,30)(H,29,31)(H,32,33)/t17-,19-,20-/m0/s1. The Morgan fingerprint density at radius 3 is 2.45 bits per heavy atom. The second kappa shape index (κ2) is 10.8. The lowest BCUT2D eigenvalue weighted by molar-refractivity contribution is -0.142. The van der Waals surface area contributed by atoms with Gasteiger partial charge in [0.1, 0.15) is 12.1 Å². The number of carboxylic acids is 1. The maximum absolute atomic E-state index is 13.1. The third-order valence-electron chi connectivity index (χ3n) is 5.38. The molecule has 0 aliphatic heterocycles. The first-order valence-electron chi connectivity index (χ1n) is 10.9. The van der Waals surface area contributed by atoms with Crippen LogP contribution in [-0.4, -0.2) is 56.0 Å².